The molecule has 0 aromatic heterocycles. The van der Waals surface area contributed by atoms with E-state index in [1.807, 2.05) is 0 Å². The van der Waals surface area contributed by atoms with Crippen LogP contribution in [0.1, 0.15) is 10.4 Å². The molecule has 116 valence electrons. The van der Waals surface area contributed by atoms with Crippen LogP contribution in [0, 0.1) is 16.7 Å². The lowest BCUT2D eigenvalue weighted by molar-refractivity contribution is 0.0601. The Morgan fingerprint density at radius 1 is 1.32 bits per heavy atom. The second kappa shape index (κ2) is 7.49. The van der Waals surface area contributed by atoms with Crippen molar-refractivity contribution in [2.45, 2.75) is 0 Å². The highest BCUT2D eigenvalue weighted by molar-refractivity contribution is 6.45. The maximum absolute atomic E-state index is 11.8. The number of ether oxygens (including phenoxy) is 3. The lowest BCUT2D eigenvalue weighted by Gasteiger charge is -2.13. The van der Waals surface area contributed by atoms with Crippen molar-refractivity contribution in [3.8, 4) is 17.6 Å². The zero-order chi connectivity index (χ0) is 16.7. The zero-order valence-corrected chi connectivity index (χ0v) is 12.3. The Morgan fingerprint density at radius 3 is 2.36 bits per heavy atom. The molecule has 0 radical (unpaired) electrons. The summed E-state index contributed by atoms with van der Waals surface area (Å²) in [6.07, 6.45) is 0. The van der Waals surface area contributed by atoms with Crippen molar-refractivity contribution in [3.05, 3.63) is 17.7 Å². The molecule has 0 bridgehead atoms. The number of nitrogens with one attached hydrogen (secondary N) is 2. The molecule has 0 saturated carbocycles. The predicted molar refractivity (Wildman–Crippen MR) is 79.5 cm³/mol. The molecule has 22 heavy (non-hydrogen) atoms. The molecule has 9 heteroatoms. The van der Waals surface area contributed by atoms with E-state index >= 15 is 0 Å². The second-order valence-corrected chi connectivity index (χ2v) is 3.84. The van der Waals surface area contributed by atoms with Gasteiger partial charge in [0.2, 0.25) is 5.71 Å². The van der Waals surface area contributed by atoms with Crippen molar-refractivity contribution in [3.63, 3.8) is 0 Å². The number of nitriles is 1. The summed E-state index contributed by atoms with van der Waals surface area (Å²) in [4.78, 5) is 11.8. The number of hydrogen-bond donors (Lipinski definition) is 3. The summed E-state index contributed by atoms with van der Waals surface area (Å²) in [5.74, 6) is -0.478. The van der Waals surface area contributed by atoms with E-state index in [-0.39, 0.29) is 17.0 Å². The SMILES string of the molecule is COC(=O)c1cc(OC)c(OC)cc1N/N=C(\C#N)C(=N)N. The average Bonchev–Trinajstić information content (AvgIpc) is 2.53. The normalized spacial score (nSPS) is 10.4. The van der Waals surface area contributed by atoms with Gasteiger partial charge in [-0.2, -0.15) is 10.4 Å². The number of carbonyl (C=O) groups is 1. The third kappa shape index (κ3) is 3.63. The number of hydrogen-bond acceptors (Lipinski definition) is 8. The van der Waals surface area contributed by atoms with Gasteiger partial charge < -0.3 is 19.9 Å². The number of anilines is 1. The van der Waals surface area contributed by atoms with E-state index in [1.54, 1.807) is 6.07 Å². The number of rotatable bonds is 6. The van der Waals surface area contributed by atoms with Crippen LogP contribution < -0.4 is 20.6 Å². The van der Waals surface area contributed by atoms with E-state index in [0.717, 1.165) is 0 Å². The third-order valence-electron chi connectivity index (χ3n) is 2.58. The van der Waals surface area contributed by atoms with Crippen LogP contribution in [0.4, 0.5) is 5.69 Å². The van der Waals surface area contributed by atoms with Crippen LogP contribution in [0.5, 0.6) is 11.5 Å². The molecule has 0 aliphatic heterocycles. The number of nitrogens with zero attached hydrogens (tertiary/aromatic N) is 2. The number of carbonyl (C=O) groups excluding carboxylic acids is 1. The molecule has 1 aromatic rings. The molecule has 0 spiro atoms. The quantitative estimate of drug-likeness (QED) is 0.304. The standard InChI is InChI=1S/C13H15N5O4/c1-20-10-4-7(13(19)22-3)8(5-11(10)21-2)17-18-9(6-14)12(15)16/h4-5,17H,1-3H3,(H3,15,16)/b18-9+. The Morgan fingerprint density at radius 2 is 1.91 bits per heavy atom. The Bertz CT molecular complexity index is 663. The third-order valence-corrected chi connectivity index (χ3v) is 2.58. The molecule has 0 saturated heterocycles. The number of amidine groups is 1. The first-order chi connectivity index (χ1) is 10.5. The van der Waals surface area contributed by atoms with Crippen molar-refractivity contribution >= 4 is 23.2 Å². The molecule has 1 rings (SSSR count). The smallest absolute Gasteiger partial charge is 0.340 e. The predicted octanol–water partition coefficient (Wildman–Crippen LogP) is 0.718. The van der Waals surface area contributed by atoms with Gasteiger partial charge in [-0.25, -0.2) is 4.79 Å². The first-order valence-corrected chi connectivity index (χ1v) is 5.91. The topological polar surface area (TPSA) is 143 Å². The molecule has 9 nitrogen and oxygen atoms in total. The van der Waals surface area contributed by atoms with E-state index in [4.69, 9.17) is 25.9 Å². The monoisotopic (exact) mass is 305 g/mol. The minimum atomic E-state index is -0.639. The molecule has 4 N–H and O–H groups in total. The molecule has 1 aromatic carbocycles. The van der Waals surface area contributed by atoms with Crippen molar-refractivity contribution in [2.75, 3.05) is 26.8 Å². The van der Waals surface area contributed by atoms with Crippen molar-refractivity contribution in [1.29, 1.82) is 10.7 Å². The van der Waals surface area contributed by atoms with Crippen molar-refractivity contribution in [2.24, 2.45) is 10.8 Å². The Labute approximate surface area is 126 Å². The van der Waals surface area contributed by atoms with Crippen LogP contribution in [0.3, 0.4) is 0 Å². The van der Waals surface area contributed by atoms with Crippen LogP contribution in [-0.4, -0.2) is 38.8 Å². The summed E-state index contributed by atoms with van der Waals surface area (Å²) in [6, 6.07) is 4.50. The molecule has 0 aliphatic rings. The number of methoxy groups -OCH3 is 3. The van der Waals surface area contributed by atoms with Crippen LogP contribution in [-0.2, 0) is 4.74 Å². The molecule has 0 amide bonds. The summed E-state index contributed by atoms with van der Waals surface area (Å²) >= 11 is 0. The van der Waals surface area contributed by atoms with Gasteiger partial charge in [0.25, 0.3) is 0 Å². The van der Waals surface area contributed by atoms with Crippen LogP contribution in [0.2, 0.25) is 0 Å². The van der Waals surface area contributed by atoms with Gasteiger partial charge in [-0.3, -0.25) is 10.8 Å². The Kier molecular flexibility index (Phi) is 5.71. The van der Waals surface area contributed by atoms with Gasteiger partial charge in [-0.1, -0.05) is 0 Å². The van der Waals surface area contributed by atoms with Gasteiger partial charge in [0, 0.05) is 12.1 Å². The van der Waals surface area contributed by atoms with Crippen LogP contribution in [0.25, 0.3) is 0 Å². The fourth-order valence-corrected chi connectivity index (χ4v) is 1.51. The van der Waals surface area contributed by atoms with Gasteiger partial charge in [0.05, 0.1) is 32.6 Å². The molecule has 0 heterocycles. The molecule has 0 atom stereocenters. The minimum Gasteiger partial charge on any atom is -0.493 e. The maximum Gasteiger partial charge on any atom is 0.340 e. The lowest BCUT2D eigenvalue weighted by Crippen LogP contribution is -2.22. The van der Waals surface area contributed by atoms with Crippen LogP contribution >= 0.6 is 0 Å². The number of esters is 1. The van der Waals surface area contributed by atoms with Crippen molar-refractivity contribution in [1.82, 2.24) is 0 Å². The van der Waals surface area contributed by atoms with Gasteiger partial charge in [-0.05, 0) is 0 Å². The Balaban J connectivity index is 3.35. The van der Waals surface area contributed by atoms with Crippen LogP contribution in [0.15, 0.2) is 17.2 Å². The van der Waals surface area contributed by atoms with E-state index in [1.165, 1.54) is 33.5 Å². The molecular weight excluding hydrogens is 290 g/mol. The van der Waals surface area contributed by atoms with Gasteiger partial charge in [0.15, 0.2) is 17.3 Å². The average molecular weight is 305 g/mol. The first kappa shape index (κ1) is 16.8. The minimum absolute atomic E-state index is 0.116. The Hall–Kier alpha value is -3.28. The maximum atomic E-state index is 11.8. The number of nitrogens with two attached hydrogens (primary N) is 1. The molecule has 0 fully saturated rings. The molecule has 0 unspecified atom stereocenters. The number of benzene rings is 1. The number of hydrazone groups is 1. The first-order valence-electron chi connectivity index (χ1n) is 5.91. The van der Waals surface area contributed by atoms with E-state index in [2.05, 4.69) is 15.3 Å². The summed E-state index contributed by atoms with van der Waals surface area (Å²) in [5, 5.41) is 19.7. The summed E-state index contributed by atoms with van der Waals surface area (Å²) < 4.78 is 14.9. The summed E-state index contributed by atoms with van der Waals surface area (Å²) in [7, 11) is 4.08. The molecule has 0 aliphatic carbocycles. The van der Waals surface area contributed by atoms with Gasteiger partial charge in [0.1, 0.15) is 6.07 Å². The lowest BCUT2D eigenvalue weighted by atomic mass is 10.1. The zero-order valence-electron chi connectivity index (χ0n) is 12.3. The summed E-state index contributed by atoms with van der Waals surface area (Å²) in [5.41, 5.74) is 7.68. The van der Waals surface area contributed by atoms with E-state index < -0.39 is 11.8 Å². The van der Waals surface area contributed by atoms with Crippen molar-refractivity contribution < 1.29 is 19.0 Å². The highest BCUT2D eigenvalue weighted by atomic mass is 16.5. The highest BCUT2D eigenvalue weighted by Gasteiger charge is 2.17. The van der Waals surface area contributed by atoms with Gasteiger partial charge >= 0.3 is 5.97 Å². The second-order valence-electron chi connectivity index (χ2n) is 3.84. The van der Waals surface area contributed by atoms with Gasteiger partial charge in [-0.15, -0.1) is 0 Å². The molecular formula is C13H15N5O4. The van der Waals surface area contributed by atoms with E-state index in [0.29, 0.717) is 11.5 Å². The van der Waals surface area contributed by atoms with E-state index in [9.17, 15) is 4.79 Å². The summed E-state index contributed by atoms with van der Waals surface area (Å²) in [6.45, 7) is 0. The largest absolute Gasteiger partial charge is 0.493 e. The fourth-order valence-electron chi connectivity index (χ4n) is 1.51. The fraction of sp³-hybridized carbons (Fsp3) is 0.231. The highest BCUT2D eigenvalue weighted by Crippen LogP contribution is 2.33.